The van der Waals surface area contributed by atoms with Crippen LogP contribution in [-0.4, -0.2) is 65.9 Å². The van der Waals surface area contributed by atoms with E-state index in [1.54, 1.807) is 11.3 Å². The lowest BCUT2D eigenvalue weighted by molar-refractivity contribution is 0.0683. The smallest absolute Gasteiger partial charge is 0.289 e. The maximum Gasteiger partial charge on any atom is 0.289 e. The first-order valence-electron chi connectivity index (χ1n) is 11.9. The van der Waals surface area contributed by atoms with E-state index >= 15 is 0 Å². The Kier molecular flexibility index (Phi) is 6.73. The molecule has 0 unspecified atom stereocenters. The maximum atomic E-state index is 12.9. The summed E-state index contributed by atoms with van der Waals surface area (Å²) in [6.07, 6.45) is 5.51. The van der Waals surface area contributed by atoms with Crippen LogP contribution < -0.4 is 5.32 Å². The number of thiazole rings is 1. The van der Waals surface area contributed by atoms with Crippen molar-refractivity contribution in [3.8, 4) is 0 Å². The van der Waals surface area contributed by atoms with Gasteiger partial charge in [-0.2, -0.15) is 0 Å². The highest BCUT2D eigenvalue weighted by Crippen LogP contribution is 2.31. The summed E-state index contributed by atoms with van der Waals surface area (Å²) in [6, 6.07) is 9.49. The molecular formula is C25H30N4O3S. The fourth-order valence-electron chi connectivity index (χ4n) is 4.75. The van der Waals surface area contributed by atoms with Gasteiger partial charge in [0.2, 0.25) is 0 Å². The van der Waals surface area contributed by atoms with Crippen molar-refractivity contribution in [3.05, 3.63) is 52.2 Å². The number of hydrogen-bond acceptors (Lipinski definition) is 6. The quantitative estimate of drug-likeness (QED) is 0.591. The number of rotatable bonds is 6. The summed E-state index contributed by atoms with van der Waals surface area (Å²) < 4.78 is 5.75. The van der Waals surface area contributed by atoms with Crippen molar-refractivity contribution in [2.45, 2.75) is 38.0 Å². The third kappa shape index (κ3) is 5.12. The fraction of sp³-hybridized carbons (Fsp3) is 0.480. The second-order valence-electron chi connectivity index (χ2n) is 8.94. The molecule has 2 aliphatic rings. The molecular weight excluding hydrogens is 436 g/mol. The SMILES string of the molecule is O=C(NCCN1CCCCC1)c1csc(C2CCN(C(=O)c3cc4ccccc4o3)CC2)n1. The van der Waals surface area contributed by atoms with Gasteiger partial charge < -0.3 is 19.5 Å². The summed E-state index contributed by atoms with van der Waals surface area (Å²) in [7, 11) is 0. The lowest BCUT2D eigenvalue weighted by Gasteiger charge is -2.30. The molecule has 0 atom stereocenters. The zero-order valence-corrected chi connectivity index (χ0v) is 19.6. The summed E-state index contributed by atoms with van der Waals surface area (Å²) in [4.78, 5) is 34.3. The van der Waals surface area contributed by atoms with Crippen molar-refractivity contribution < 1.29 is 14.0 Å². The van der Waals surface area contributed by atoms with Gasteiger partial charge in [-0.05, 0) is 50.9 Å². The molecule has 0 radical (unpaired) electrons. The fourth-order valence-corrected chi connectivity index (χ4v) is 5.72. The van der Waals surface area contributed by atoms with Crippen LogP contribution >= 0.6 is 11.3 Å². The van der Waals surface area contributed by atoms with Gasteiger partial charge in [0.15, 0.2) is 5.76 Å². The Bertz CT molecular complexity index is 1080. The van der Waals surface area contributed by atoms with Crippen LogP contribution in [0.4, 0.5) is 0 Å². The van der Waals surface area contributed by atoms with Crippen molar-refractivity contribution >= 4 is 34.1 Å². The molecule has 2 aliphatic heterocycles. The number of amides is 2. The van der Waals surface area contributed by atoms with E-state index < -0.39 is 0 Å². The zero-order valence-electron chi connectivity index (χ0n) is 18.8. The number of para-hydroxylation sites is 1. The predicted octanol–water partition coefficient (Wildman–Crippen LogP) is 4.12. The summed E-state index contributed by atoms with van der Waals surface area (Å²) >= 11 is 1.55. The maximum absolute atomic E-state index is 12.9. The second-order valence-corrected chi connectivity index (χ2v) is 9.83. The number of aromatic nitrogens is 1. The van der Waals surface area contributed by atoms with Crippen molar-refractivity contribution in [2.24, 2.45) is 0 Å². The van der Waals surface area contributed by atoms with Crippen LogP contribution in [0.15, 0.2) is 40.1 Å². The lowest BCUT2D eigenvalue weighted by Crippen LogP contribution is -2.38. The number of benzene rings is 1. The zero-order chi connectivity index (χ0) is 22.6. The molecule has 5 rings (SSSR count). The number of fused-ring (bicyclic) bond motifs is 1. The van der Waals surface area contributed by atoms with Gasteiger partial charge in [0.1, 0.15) is 11.3 Å². The van der Waals surface area contributed by atoms with Gasteiger partial charge in [-0.15, -0.1) is 11.3 Å². The standard InChI is InChI=1S/C25H30N4O3S/c30-23(26-10-15-28-11-4-1-5-12-28)20-17-33-24(27-20)18-8-13-29(14-9-18)25(31)22-16-19-6-2-3-7-21(19)32-22/h2-3,6-7,16-18H,1,4-5,8-15H2,(H,26,30). The molecule has 2 aromatic heterocycles. The highest BCUT2D eigenvalue weighted by Gasteiger charge is 2.28. The monoisotopic (exact) mass is 466 g/mol. The number of hydrogen-bond donors (Lipinski definition) is 1. The number of carbonyl (C=O) groups is 2. The Morgan fingerprint density at radius 1 is 1.09 bits per heavy atom. The van der Waals surface area contributed by atoms with Crippen LogP contribution in [0.2, 0.25) is 0 Å². The molecule has 3 aromatic rings. The van der Waals surface area contributed by atoms with E-state index in [-0.39, 0.29) is 17.7 Å². The first-order chi connectivity index (χ1) is 16.2. The van der Waals surface area contributed by atoms with Gasteiger partial charge in [0.25, 0.3) is 11.8 Å². The van der Waals surface area contributed by atoms with Crippen LogP contribution in [0, 0.1) is 0 Å². The number of likely N-dealkylation sites (tertiary alicyclic amines) is 2. The van der Waals surface area contributed by atoms with Crippen LogP contribution in [-0.2, 0) is 0 Å². The summed E-state index contributed by atoms with van der Waals surface area (Å²) in [6.45, 7) is 5.16. The largest absolute Gasteiger partial charge is 0.451 e. The Morgan fingerprint density at radius 3 is 2.67 bits per heavy atom. The molecule has 0 saturated carbocycles. The average Bonchev–Trinajstić information content (AvgIpc) is 3.52. The third-order valence-corrected chi connectivity index (χ3v) is 7.69. The first-order valence-corrected chi connectivity index (χ1v) is 12.8. The van der Waals surface area contributed by atoms with Gasteiger partial charge in [0.05, 0.1) is 5.01 Å². The van der Waals surface area contributed by atoms with E-state index in [0.717, 1.165) is 48.5 Å². The molecule has 0 aliphatic carbocycles. The molecule has 0 spiro atoms. The molecule has 8 heteroatoms. The van der Waals surface area contributed by atoms with Crippen molar-refractivity contribution in [2.75, 3.05) is 39.3 Å². The number of carbonyl (C=O) groups excluding carboxylic acids is 2. The Labute approximate surface area is 197 Å². The highest BCUT2D eigenvalue weighted by atomic mass is 32.1. The third-order valence-electron chi connectivity index (χ3n) is 6.68. The Hall–Kier alpha value is -2.71. The average molecular weight is 467 g/mol. The molecule has 2 fully saturated rings. The number of furan rings is 1. The van der Waals surface area contributed by atoms with Crippen molar-refractivity contribution in [1.82, 2.24) is 20.1 Å². The minimum absolute atomic E-state index is 0.0578. The van der Waals surface area contributed by atoms with E-state index in [4.69, 9.17) is 4.42 Å². The van der Waals surface area contributed by atoms with Crippen molar-refractivity contribution in [1.29, 1.82) is 0 Å². The topological polar surface area (TPSA) is 78.7 Å². The van der Waals surface area contributed by atoms with E-state index in [1.165, 1.54) is 19.3 Å². The summed E-state index contributed by atoms with van der Waals surface area (Å²) in [5, 5.41) is 6.81. The van der Waals surface area contributed by atoms with Crippen LogP contribution in [0.1, 0.15) is 64.1 Å². The molecule has 0 bridgehead atoms. The number of nitrogens with one attached hydrogen (secondary N) is 1. The minimum Gasteiger partial charge on any atom is -0.451 e. The van der Waals surface area contributed by atoms with Crippen molar-refractivity contribution in [3.63, 3.8) is 0 Å². The van der Waals surface area contributed by atoms with Gasteiger partial charge in [-0.25, -0.2) is 4.98 Å². The summed E-state index contributed by atoms with van der Waals surface area (Å²) in [5.74, 6) is 0.529. The molecule has 2 saturated heterocycles. The van der Waals surface area contributed by atoms with E-state index in [0.29, 0.717) is 31.1 Å². The van der Waals surface area contributed by atoms with Crippen LogP contribution in [0.5, 0.6) is 0 Å². The normalized spacial score (nSPS) is 18.0. The number of piperidine rings is 2. The van der Waals surface area contributed by atoms with Gasteiger partial charge >= 0.3 is 0 Å². The molecule has 33 heavy (non-hydrogen) atoms. The first kappa shape index (κ1) is 22.1. The predicted molar refractivity (Wildman–Crippen MR) is 129 cm³/mol. The second kappa shape index (κ2) is 10.1. The van der Waals surface area contributed by atoms with E-state index in [9.17, 15) is 9.59 Å². The highest BCUT2D eigenvalue weighted by molar-refractivity contribution is 7.09. The van der Waals surface area contributed by atoms with Gasteiger partial charge in [-0.1, -0.05) is 24.6 Å². The lowest BCUT2D eigenvalue weighted by atomic mass is 9.97. The molecule has 7 nitrogen and oxygen atoms in total. The minimum atomic E-state index is -0.0907. The Morgan fingerprint density at radius 2 is 1.88 bits per heavy atom. The van der Waals surface area contributed by atoms with Gasteiger partial charge in [-0.3, -0.25) is 9.59 Å². The number of nitrogens with zero attached hydrogens (tertiary/aromatic N) is 3. The van der Waals surface area contributed by atoms with Crippen LogP contribution in [0.25, 0.3) is 11.0 Å². The summed E-state index contributed by atoms with van der Waals surface area (Å²) in [5.41, 5.74) is 1.25. The molecule has 4 heterocycles. The molecule has 1 N–H and O–H groups in total. The molecule has 2 amide bonds. The Balaban J connectivity index is 1.11. The van der Waals surface area contributed by atoms with E-state index in [2.05, 4.69) is 15.2 Å². The molecule has 174 valence electrons. The van der Waals surface area contributed by atoms with E-state index in [1.807, 2.05) is 40.6 Å². The molecule has 1 aromatic carbocycles. The van der Waals surface area contributed by atoms with Crippen LogP contribution in [0.3, 0.4) is 0 Å². The van der Waals surface area contributed by atoms with Gasteiger partial charge in [0, 0.05) is 42.9 Å².